The number of hydrogen-bond acceptors (Lipinski definition) is 2. The second-order valence-corrected chi connectivity index (χ2v) is 6.21. The van der Waals surface area contributed by atoms with Crippen LogP contribution in [0.25, 0.3) is 11.0 Å². The molecule has 1 N–H and O–H groups in total. The topological polar surface area (TPSA) is 49.0 Å². The molecule has 0 saturated carbocycles. The summed E-state index contributed by atoms with van der Waals surface area (Å²) in [5, 5.41) is 0. The monoisotopic (exact) mass is 323 g/mol. The molecule has 1 fully saturated rings. The van der Waals surface area contributed by atoms with Crippen LogP contribution < -0.4 is 0 Å². The summed E-state index contributed by atoms with van der Waals surface area (Å²) in [7, 11) is 0. The van der Waals surface area contributed by atoms with Crippen molar-refractivity contribution in [3.05, 3.63) is 65.7 Å². The van der Waals surface area contributed by atoms with Gasteiger partial charge in [-0.05, 0) is 49.2 Å². The van der Waals surface area contributed by atoms with E-state index in [9.17, 15) is 9.18 Å². The van der Waals surface area contributed by atoms with Crippen LogP contribution in [0.3, 0.4) is 0 Å². The van der Waals surface area contributed by atoms with Gasteiger partial charge in [-0.25, -0.2) is 9.37 Å². The number of para-hydroxylation sites is 2. The minimum Gasteiger partial charge on any atom is -0.342 e. The number of fused-ring (bicyclic) bond motifs is 1. The number of amides is 1. The van der Waals surface area contributed by atoms with Crippen LogP contribution in [0.5, 0.6) is 0 Å². The van der Waals surface area contributed by atoms with Crippen LogP contribution in [-0.2, 0) is 0 Å². The van der Waals surface area contributed by atoms with Crippen molar-refractivity contribution in [2.75, 3.05) is 13.1 Å². The standard InChI is InChI=1S/C19H18FN3O/c20-15-7-5-14(6-8-15)19(24)23-11-9-13(10-12-23)18-21-16-3-1-2-4-17(16)22-18/h1-8,13H,9-12H2,(H,21,22). The molecule has 0 radical (unpaired) electrons. The molecular formula is C19H18FN3O. The average Bonchev–Trinajstić information content (AvgIpc) is 3.06. The number of nitrogens with one attached hydrogen (secondary N) is 1. The number of carbonyl (C=O) groups is 1. The highest BCUT2D eigenvalue weighted by atomic mass is 19.1. The van der Waals surface area contributed by atoms with Gasteiger partial charge in [-0.3, -0.25) is 4.79 Å². The third kappa shape index (κ3) is 2.77. The molecule has 0 spiro atoms. The number of aromatic nitrogens is 2. The van der Waals surface area contributed by atoms with Gasteiger partial charge in [0, 0.05) is 24.6 Å². The molecule has 0 atom stereocenters. The minimum absolute atomic E-state index is 0.0296. The molecule has 24 heavy (non-hydrogen) atoms. The molecule has 1 saturated heterocycles. The minimum atomic E-state index is -0.324. The van der Waals surface area contributed by atoms with Crippen molar-refractivity contribution in [3.63, 3.8) is 0 Å². The van der Waals surface area contributed by atoms with Crippen LogP contribution in [-0.4, -0.2) is 33.9 Å². The number of nitrogens with zero attached hydrogens (tertiary/aromatic N) is 2. The van der Waals surface area contributed by atoms with E-state index >= 15 is 0 Å². The lowest BCUT2D eigenvalue weighted by Crippen LogP contribution is -2.38. The van der Waals surface area contributed by atoms with E-state index < -0.39 is 0 Å². The van der Waals surface area contributed by atoms with Gasteiger partial charge >= 0.3 is 0 Å². The number of likely N-dealkylation sites (tertiary alicyclic amines) is 1. The first-order chi connectivity index (χ1) is 11.7. The maximum absolute atomic E-state index is 13.0. The molecule has 1 aromatic heterocycles. The Balaban J connectivity index is 1.44. The van der Waals surface area contributed by atoms with E-state index in [1.54, 1.807) is 12.1 Å². The van der Waals surface area contributed by atoms with Crippen molar-refractivity contribution in [2.45, 2.75) is 18.8 Å². The lowest BCUT2D eigenvalue weighted by atomic mass is 9.95. The first-order valence-corrected chi connectivity index (χ1v) is 8.20. The number of imidazole rings is 1. The number of piperidine rings is 1. The number of aromatic amines is 1. The number of halogens is 1. The highest BCUT2D eigenvalue weighted by Gasteiger charge is 2.26. The SMILES string of the molecule is O=C(c1ccc(F)cc1)N1CCC(c2nc3ccccc3[nH]2)CC1. The quantitative estimate of drug-likeness (QED) is 0.781. The Morgan fingerprint density at radius 2 is 1.79 bits per heavy atom. The van der Waals surface area contributed by atoms with Gasteiger partial charge in [-0.1, -0.05) is 12.1 Å². The molecule has 1 aliphatic rings. The molecule has 0 aliphatic carbocycles. The largest absolute Gasteiger partial charge is 0.342 e. The Labute approximate surface area is 139 Å². The average molecular weight is 323 g/mol. The third-order valence-electron chi connectivity index (χ3n) is 4.67. The van der Waals surface area contributed by atoms with E-state index in [2.05, 4.69) is 9.97 Å². The van der Waals surface area contributed by atoms with E-state index in [0.717, 1.165) is 29.7 Å². The Morgan fingerprint density at radius 3 is 2.50 bits per heavy atom. The zero-order valence-electron chi connectivity index (χ0n) is 13.2. The Morgan fingerprint density at radius 1 is 1.08 bits per heavy atom. The van der Waals surface area contributed by atoms with Gasteiger partial charge in [0.2, 0.25) is 0 Å². The fourth-order valence-corrected chi connectivity index (χ4v) is 3.30. The van der Waals surface area contributed by atoms with Gasteiger partial charge in [0.25, 0.3) is 5.91 Å². The lowest BCUT2D eigenvalue weighted by molar-refractivity contribution is 0.0711. The molecule has 1 amide bonds. The molecule has 4 rings (SSSR count). The van der Waals surface area contributed by atoms with E-state index in [-0.39, 0.29) is 11.7 Å². The summed E-state index contributed by atoms with van der Waals surface area (Å²) in [5.41, 5.74) is 2.58. The van der Waals surface area contributed by atoms with Crippen molar-refractivity contribution in [1.82, 2.24) is 14.9 Å². The molecule has 0 unspecified atom stereocenters. The van der Waals surface area contributed by atoms with Gasteiger partial charge < -0.3 is 9.88 Å². The van der Waals surface area contributed by atoms with Crippen LogP contribution in [0.1, 0.15) is 34.9 Å². The first kappa shape index (κ1) is 14.9. The van der Waals surface area contributed by atoms with Gasteiger partial charge in [-0.15, -0.1) is 0 Å². The first-order valence-electron chi connectivity index (χ1n) is 8.20. The molecular weight excluding hydrogens is 305 g/mol. The summed E-state index contributed by atoms with van der Waals surface area (Å²) in [6.45, 7) is 1.38. The predicted molar refractivity (Wildman–Crippen MR) is 90.4 cm³/mol. The van der Waals surface area contributed by atoms with Crippen LogP contribution in [0, 0.1) is 5.82 Å². The summed E-state index contributed by atoms with van der Waals surface area (Å²) in [6, 6.07) is 13.8. The molecule has 3 aromatic rings. The Bertz CT molecular complexity index is 831. The second-order valence-electron chi connectivity index (χ2n) is 6.21. The third-order valence-corrected chi connectivity index (χ3v) is 4.67. The van der Waals surface area contributed by atoms with E-state index in [1.807, 2.05) is 29.2 Å². The van der Waals surface area contributed by atoms with Crippen molar-refractivity contribution < 1.29 is 9.18 Å². The predicted octanol–water partition coefficient (Wildman–Crippen LogP) is 3.72. The van der Waals surface area contributed by atoms with E-state index in [4.69, 9.17) is 0 Å². The van der Waals surface area contributed by atoms with E-state index in [1.165, 1.54) is 12.1 Å². The molecule has 1 aliphatic heterocycles. The summed E-state index contributed by atoms with van der Waals surface area (Å²) >= 11 is 0. The van der Waals surface area contributed by atoms with Gasteiger partial charge in [0.05, 0.1) is 11.0 Å². The highest BCUT2D eigenvalue weighted by molar-refractivity contribution is 5.94. The zero-order valence-corrected chi connectivity index (χ0v) is 13.2. The van der Waals surface area contributed by atoms with Crippen molar-refractivity contribution in [1.29, 1.82) is 0 Å². The maximum Gasteiger partial charge on any atom is 0.253 e. The number of rotatable bonds is 2. The summed E-state index contributed by atoms with van der Waals surface area (Å²) in [4.78, 5) is 22.4. The van der Waals surface area contributed by atoms with Gasteiger partial charge in [-0.2, -0.15) is 0 Å². The van der Waals surface area contributed by atoms with Crippen molar-refractivity contribution in [3.8, 4) is 0 Å². The highest BCUT2D eigenvalue weighted by Crippen LogP contribution is 2.28. The van der Waals surface area contributed by atoms with Gasteiger partial charge in [0.1, 0.15) is 11.6 Å². The molecule has 2 heterocycles. The molecule has 2 aromatic carbocycles. The van der Waals surface area contributed by atoms with Crippen molar-refractivity contribution in [2.24, 2.45) is 0 Å². The molecule has 122 valence electrons. The summed E-state index contributed by atoms with van der Waals surface area (Å²) < 4.78 is 13.0. The second kappa shape index (κ2) is 6.07. The smallest absolute Gasteiger partial charge is 0.253 e. The van der Waals surface area contributed by atoms with Crippen LogP contribution in [0.2, 0.25) is 0 Å². The number of H-pyrrole nitrogens is 1. The summed E-state index contributed by atoms with van der Waals surface area (Å²) in [6.07, 6.45) is 1.76. The van der Waals surface area contributed by atoms with Crippen LogP contribution in [0.4, 0.5) is 4.39 Å². The molecule has 0 bridgehead atoms. The number of hydrogen-bond donors (Lipinski definition) is 1. The van der Waals surface area contributed by atoms with Crippen molar-refractivity contribution >= 4 is 16.9 Å². The Hall–Kier alpha value is -2.69. The maximum atomic E-state index is 13.0. The summed E-state index contributed by atoms with van der Waals surface area (Å²) in [5.74, 6) is 0.993. The molecule has 5 heteroatoms. The van der Waals surface area contributed by atoms with Gasteiger partial charge in [0.15, 0.2) is 0 Å². The van der Waals surface area contributed by atoms with Crippen LogP contribution in [0.15, 0.2) is 48.5 Å². The normalized spacial score (nSPS) is 15.8. The lowest BCUT2D eigenvalue weighted by Gasteiger charge is -2.31. The molecule has 4 nitrogen and oxygen atoms in total. The van der Waals surface area contributed by atoms with E-state index in [0.29, 0.717) is 24.6 Å². The number of benzene rings is 2. The number of carbonyl (C=O) groups excluding carboxylic acids is 1. The fraction of sp³-hybridized carbons (Fsp3) is 0.263. The zero-order chi connectivity index (χ0) is 16.5. The van der Waals surface area contributed by atoms with Crippen LogP contribution >= 0.6 is 0 Å². The fourth-order valence-electron chi connectivity index (χ4n) is 3.30. The Kier molecular flexibility index (Phi) is 3.76.